The smallest absolute Gasteiger partial charge is 0.289 e. The molecule has 0 aliphatic carbocycles. The van der Waals surface area contributed by atoms with Gasteiger partial charge in [0.2, 0.25) is 0 Å². The van der Waals surface area contributed by atoms with Crippen LogP contribution in [0, 0.1) is 6.92 Å². The number of rotatable bonds is 3. The van der Waals surface area contributed by atoms with E-state index >= 15 is 0 Å². The van der Waals surface area contributed by atoms with Gasteiger partial charge < -0.3 is 9.32 Å². The second-order valence-electron chi connectivity index (χ2n) is 6.84. The first kappa shape index (κ1) is 16.8. The molecule has 5 nitrogen and oxygen atoms in total. The highest BCUT2D eigenvalue weighted by Crippen LogP contribution is 2.26. The maximum atomic E-state index is 13.0. The van der Waals surface area contributed by atoms with Gasteiger partial charge in [-0.2, -0.15) is 0 Å². The van der Waals surface area contributed by atoms with Gasteiger partial charge in [-0.25, -0.2) is 0 Å². The van der Waals surface area contributed by atoms with Crippen molar-refractivity contribution in [1.82, 2.24) is 14.8 Å². The molecule has 0 radical (unpaired) electrons. The van der Waals surface area contributed by atoms with E-state index < -0.39 is 0 Å². The molecule has 0 spiro atoms. The van der Waals surface area contributed by atoms with E-state index in [4.69, 9.17) is 4.42 Å². The monoisotopic (exact) mass is 349 g/mol. The van der Waals surface area contributed by atoms with E-state index in [2.05, 4.69) is 16.0 Å². The molecular formula is C21H23N3O2. The minimum atomic E-state index is 0.00178. The van der Waals surface area contributed by atoms with Crippen molar-refractivity contribution >= 4 is 16.9 Å². The largest absolute Gasteiger partial charge is 0.451 e. The molecule has 1 saturated heterocycles. The summed E-state index contributed by atoms with van der Waals surface area (Å²) in [7, 11) is 0. The van der Waals surface area contributed by atoms with Crippen LogP contribution >= 0.6 is 0 Å². The molecule has 1 amide bonds. The van der Waals surface area contributed by atoms with Gasteiger partial charge in [-0.1, -0.05) is 24.3 Å². The molecule has 0 saturated carbocycles. The number of aromatic nitrogens is 1. The van der Waals surface area contributed by atoms with Gasteiger partial charge in [0.1, 0.15) is 5.58 Å². The zero-order valence-electron chi connectivity index (χ0n) is 15.0. The third-order valence-corrected chi connectivity index (χ3v) is 5.04. The van der Waals surface area contributed by atoms with Crippen molar-refractivity contribution in [3.63, 3.8) is 0 Å². The van der Waals surface area contributed by atoms with Gasteiger partial charge in [0.25, 0.3) is 5.91 Å². The van der Waals surface area contributed by atoms with Gasteiger partial charge in [0.15, 0.2) is 5.76 Å². The molecular weight excluding hydrogens is 326 g/mol. The Balaban J connectivity index is 1.46. The number of nitrogens with zero attached hydrogens (tertiary/aromatic N) is 3. The van der Waals surface area contributed by atoms with Gasteiger partial charge in [0.05, 0.1) is 0 Å². The van der Waals surface area contributed by atoms with Crippen molar-refractivity contribution in [1.29, 1.82) is 0 Å². The molecule has 26 heavy (non-hydrogen) atoms. The Bertz CT molecular complexity index is 904. The van der Waals surface area contributed by atoms with E-state index in [9.17, 15) is 4.79 Å². The quantitative estimate of drug-likeness (QED) is 0.726. The van der Waals surface area contributed by atoms with Crippen molar-refractivity contribution in [3.8, 4) is 0 Å². The Morgan fingerprint density at radius 3 is 2.81 bits per heavy atom. The van der Waals surface area contributed by atoms with E-state index in [-0.39, 0.29) is 5.91 Å². The zero-order valence-corrected chi connectivity index (χ0v) is 15.0. The molecule has 1 aromatic carbocycles. The first-order chi connectivity index (χ1) is 12.7. The molecule has 3 heterocycles. The van der Waals surface area contributed by atoms with Crippen molar-refractivity contribution in [2.75, 3.05) is 26.2 Å². The van der Waals surface area contributed by atoms with Gasteiger partial charge in [0, 0.05) is 56.1 Å². The second-order valence-corrected chi connectivity index (χ2v) is 6.84. The summed E-state index contributed by atoms with van der Waals surface area (Å²) in [6.07, 6.45) is 4.67. The average molecular weight is 349 g/mol. The number of carbonyl (C=O) groups excluding carboxylic acids is 1. The Morgan fingerprint density at radius 1 is 1.12 bits per heavy atom. The molecule has 5 heteroatoms. The van der Waals surface area contributed by atoms with E-state index in [0.29, 0.717) is 5.76 Å². The topological polar surface area (TPSA) is 49.6 Å². The fourth-order valence-electron chi connectivity index (χ4n) is 3.60. The number of benzene rings is 1. The van der Waals surface area contributed by atoms with Crippen LogP contribution in [0.1, 0.15) is 28.1 Å². The zero-order chi connectivity index (χ0) is 17.9. The average Bonchev–Trinajstić information content (AvgIpc) is 2.85. The maximum absolute atomic E-state index is 13.0. The van der Waals surface area contributed by atoms with E-state index in [1.54, 1.807) is 6.20 Å². The molecule has 0 bridgehead atoms. The predicted molar refractivity (Wildman–Crippen MR) is 101 cm³/mol. The number of hydrogen-bond donors (Lipinski definition) is 0. The van der Waals surface area contributed by atoms with Gasteiger partial charge in [-0.15, -0.1) is 0 Å². The summed E-state index contributed by atoms with van der Waals surface area (Å²) in [5.41, 5.74) is 2.92. The van der Waals surface area contributed by atoms with Crippen LogP contribution in [0.5, 0.6) is 0 Å². The summed E-state index contributed by atoms with van der Waals surface area (Å²) in [6, 6.07) is 11.9. The van der Waals surface area contributed by atoms with Crippen molar-refractivity contribution < 1.29 is 9.21 Å². The van der Waals surface area contributed by atoms with Crippen LogP contribution in [0.2, 0.25) is 0 Å². The van der Waals surface area contributed by atoms with Gasteiger partial charge in [-0.05, 0) is 31.0 Å². The van der Waals surface area contributed by atoms with Gasteiger partial charge in [-0.3, -0.25) is 14.7 Å². The first-order valence-corrected chi connectivity index (χ1v) is 9.11. The third-order valence-electron chi connectivity index (χ3n) is 5.04. The number of carbonyl (C=O) groups is 1. The minimum Gasteiger partial charge on any atom is -0.451 e. The van der Waals surface area contributed by atoms with Crippen LogP contribution in [0.15, 0.2) is 53.2 Å². The Morgan fingerprint density at radius 2 is 2.00 bits per heavy atom. The predicted octanol–water partition coefficient (Wildman–Crippen LogP) is 3.48. The van der Waals surface area contributed by atoms with E-state index in [1.165, 1.54) is 5.56 Å². The van der Waals surface area contributed by atoms with Crippen molar-refractivity contribution in [2.24, 2.45) is 0 Å². The second kappa shape index (κ2) is 7.30. The molecule has 134 valence electrons. The van der Waals surface area contributed by atoms with Gasteiger partial charge >= 0.3 is 0 Å². The number of para-hydroxylation sites is 1. The van der Waals surface area contributed by atoms with Crippen LogP contribution in [0.3, 0.4) is 0 Å². The Labute approximate surface area is 153 Å². The molecule has 4 rings (SSSR count). The third kappa shape index (κ3) is 3.35. The van der Waals surface area contributed by atoms with Crippen LogP contribution in [-0.2, 0) is 6.54 Å². The lowest BCUT2D eigenvalue weighted by atomic mass is 10.1. The lowest BCUT2D eigenvalue weighted by Gasteiger charge is -2.21. The SMILES string of the molecule is Cc1c(C(=O)N2CCCN(Cc3cccnc3)CC2)oc2ccccc12. The summed E-state index contributed by atoms with van der Waals surface area (Å²) in [5, 5.41) is 1.02. The number of fused-ring (bicyclic) bond motifs is 1. The fourth-order valence-corrected chi connectivity index (χ4v) is 3.60. The Hall–Kier alpha value is -2.66. The molecule has 1 aliphatic rings. The summed E-state index contributed by atoms with van der Waals surface area (Å²) in [5.74, 6) is 0.480. The lowest BCUT2D eigenvalue weighted by Crippen LogP contribution is -2.35. The molecule has 0 atom stereocenters. The van der Waals surface area contributed by atoms with Crippen LogP contribution in [-0.4, -0.2) is 46.9 Å². The number of amides is 1. The molecule has 1 fully saturated rings. The number of furan rings is 1. The van der Waals surface area contributed by atoms with Crippen LogP contribution in [0.4, 0.5) is 0 Å². The fraction of sp³-hybridized carbons (Fsp3) is 0.333. The Kier molecular flexibility index (Phi) is 4.71. The summed E-state index contributed by atoms with van der Waals surface area (Å²) in [6.45, 7) is 6.16. The van der Waals surface area contributed by atoms with Crippen molar-refractivity contribution in [2.45, 2.75) is 19.9 Å². The van der Waals surface area contributed by atoms with E-state index in [0.717, 1.165) is 55.7 Å². The summed E-state index contributed by atoms with van der Waals surface area (Å²) >= 11 is 0. The van der Waals surface area contributed by atoms with Crippen LogP contribution in [0.25, 0.3) is 11.0 Å². The normalized spacial score (nSPS) is 16.0. The highest BCUT2D eigenvalue weighted by Gasteiger charge is 2.25. The number of pyridine rings is 1. The minimum absolute atomic E-state index is 0.00178. The lowest BCUT2D eigenvalue weighted by molar-refractivity contribution is 0.0730. The van der Waals surface area contributed by atoms with Crippen LogP contribution < -0.4 is 0 Å². The molecule has 0 unspecified atom stereocenters. The number of aryl methyl sites for hydroxylation is 1. The maximum Gasteiger partial charge on any atom is 0.289 e. The molecule has 2 aromatic heterocycles. The summed E-state index contributed by atoms with van der Waals surface area (Å²) in [4.78, 5) is 21.5. The highest BCUT2D eigenvalue weighted by atomic mass is 16.3. The standard InChI is InChI=1S/C21H23N3O2/c1-16-18-7-2-3-8-19(18)26-20(16)21(25)24-11-5-10-23(12-13-24)15-17-6-4-9-22-14-17/h2-4,6-9,14H,5,10-13,15H2,1H3. The molecule has 1 aliphatic heterocycles. The number of hydrogen-bond acceptors (Lipinski definition) is 4. The first-order valence-electron chi connectivity index (χ1n) is 9.11. The van der Waals surface area contributed by atoms with E-state index in [1.807, 2.05) is 48.4 Å². The highest BCUT2D eigenvalue weighted by molar-refractivity contribution is 5.98. The molecule has 3 aromatic rings. The molecule has 0 N–H and O–H groups in total. The summed E-state index contributed by atoms with van der Waals surface area (Å²) < 4.78 is 5.86. The van der Waals surface area contributed by atoms with Crippen molar-refractivity contribution in [3.05, 3.63) is 65.7 Å².